The molecule has 0 radical (unpaired) electrons. The van der Waals surface area contributed by atoms with Crippen LogP contribution in [0.2, 0.25) is 0 Å². The molecule has 2 rings (SSSR count). The normalized spacial score (nSPS) is 17.3. The van der Waals surface area contributed by atoms with Crippen molar-refractivity contribution in [3.8, 4) is 0 Å². The molecule has 0 aliphatic carbocycles. The molecule has 1 heterocycles. The number of nitrogens with one attached hydrogen (secondary N) is 2. The lowest BCUT2D eigenvalue weighted by Gasteiger charge is -2.22. The van der Waals surface area contributed by atoms with Gasteiger partial charge in [-0.25, -0.2) is 8.42 Å². The molecule has 1 aromatic carbocycles. The number of sulfonamides is 1. The molecule has 0 amide bonds. The molecule has 0 aromatic heterocycles. The van der Waals surface area contributed by atoms with Crippen LogP contribution >= 0.6 is 0 Å². The van der Waals surface area contributed by atoms with Gasteiger partial charge in [0.25, 0.3) is 0 Å². The van der Waals surface area contributed by atoms with Gasteiger partial charge in [-0.3, -0.25) is 4.72 Å². The Morgan fingerprint density at radius 3 is 2.63 bits per heavy atom. The first-order valence-electron chi connectivity index (χ1n) is 6.84. The molecule has 1 aromatic rings. The Labute approximate surface area is 115 Å². The molecule has 5 heteroatoms. The molecule has 2 N–H and O–H groups in total. The standard InChI is InChI=1S/C14H22N2O2S/c1-12-4-2-3-5-14(12)16-19(17,18)11-8-13-6-9-15-10-7-13/h2-5,13,15-16H,6-11H2,1H3. The Morgan fingerprint density at radius 2 is 1.95 bits per heavy atom. The van der Waals surface area contributed by atoms with Gasteiger partial charge < -0.3 is 5.32 Å². The smallest absolute Gasteiger partial charge is 0.232 e. The fraction of sp³-hybridized carbons (Fsp3) is 0.571. The Balaban J connectivity index is 1.90. The van der Waals surface area contributed by atoms with Crippen molar-refractivity contribution < 1.29 is 8.42 Å². The van der Waals surface area contributed by atoms with Crippen LogP contribution in [0.1, 0.15) is 24.8 Å². The van der Waals surface area contributed by atoms with Crippen molar-refractivity contribution in [2.45, 2.75) is 26.2 Å². The summed E-state index contributed by atoms with van der Waals surface area (Å²) >= 11 is 0. The van der Waals surface area contributed by atoms with Crippen LogP contribution < -0.4 is 10.0 Å². The minimum Gasteiger partial charge on any atom is -0.317 e. The summed E-state index contributed by atoms with van der Waals surface area (Å²) in [4.78, 5) is 0. The maximum absolute atomic E-state index is 12.1. The quantitative estimate of drug-likeness (QED) is 0.870. The van der Waals surface area contributed by atoms with Crippen LogP contribution in [-0.2, 0) is 10.0 Å². The number of para-hydroxylation sites is 1. The van der Waals surface area contributed by atoms with Crippen molar-refractivity contribution in [3.05, 3.63) is 29.8 Å². The molecule has 19 heavy (non-hydrogen) atoms. The zero-order chi connectivity index (χ0) is 13.7. The molecule has 0 spiro atoms. The van der Waals surface area contributed by atoms with Crippen LogP contribution in [0.3, 0.4) is 0 Å². The Kier molecular flexibility index (Phi) is 4.82. The highest BCUT2D eigenvalue weighted by molar-refractivity contribution is 7.92. The summed E-state index contributed by atoms with van der Waals surface area (Å²) in [5.41, 5.74) is 1.64. The lowest BCUT2D eigenvalue weighted by atomic mass is 9.96. The van der Waals surface area contributed by atoms with E-state index in [0.717, 1.165) is 37.9 Å². The number of aryl methyl sites for hydroxylation is 1. The molecule has 0 saturated carbocycles. The van der Waals surface area contributed by atoms with E-state index < -0.39 is 10.0 Å². The Hall–Kier alpha value is -1.07. The summed E-state index contributed by atoms with van der Waals surface area (Å²) in [5.74, 6) is 0.751. The molecule has 1 saturated heterocycles. The van der Waals surface area contributed by atoms with Crippen molar-refractivity contribution in [1.29, 1.82) is 0 Å². The number of piperidine rings is 1. The highest BCUT2D eigenvalue weighted by Crippen LogP contribution is 2.19. The summed E-state index contributed by atoms with van der Waals surface area (Å²) in [6.45, 7) is 3.93. The molecule has 4 nitrogen and oxygen atoms in total. The minimum absolute atomic E-state index is 0.214. The lowest BCUT2D eigenvalue weighted by Crippen LogP contribution is -2.29. The first-order valence-corrected chi connectivity index (χ1v) is 8.49. The van der Waals surface area contributed by atoms with Gasteiger partial charge in [0, 0.05) is 0 Å². The van der Waals surface area contributed by atoms with Gasteiger partial charge in [-0.2, -0.15) is 0 Å². The summed E-state index contributed by atoms with van der Waals surface area (Å²) in [7, 11) is -3.23. The lowest BCUT2D eigenvalue weighted by molar-refractivity contribution is 0.365. The maximum Gasteiger partial charge on any atom is 0.232 e. The third-order valence-corrected chi connectivity index (χ3v) is 4.97. The predicted octanol–water partition coefficient (Wildman–Crippen LogP) is 2.13. The van der Waals surface area contributed by atoms with E-state index in [4.69, 9.17) is 0 Å². The average Bonchev–Trinajstić information content (AvgIpc) is 2.40. The molecule has 0 atom stereocenters. The van der Waals surface area contributed by atoms with E-state index in [1.54, 1.807) is 6.07 Å². The molecule has 1 aliphatic heterocycles. The molecule has 0 bridgehead atoms. The maximum atomic E-state index is 12.1. The molecule has 1 aliphatic rings. The molecule has 0 unspecified atom stereocenters. The van der Waals surface area contributed by atoms with Crippen LogP contribution in [0.4, 0.5) is 5.69 Å². The van der Waals surface area contributed by atoms with E-state index in [2.05, 4.69) is 10.0 Å². The third kappa shape index (κ3) is 4.51. The number of hydrogen-bond donors (Lipinski definition) is 2. The second-order valence-electron chi connectivity index (χ2n) is 5.22. The zero-order valence-electron chi connectivity index (χ0n) is 11.4. The number of hydrogen-bond acceptors (Lipinski definition) is 3. The highest BCUT2D eigenvalue weighted by atomic mass is 32.2. The molecule has 106 valence electrons. The van der Waals surface area contributed by atoms with Gasteiger partial charge >= 0.3 is 0 Å². The summed E-state index contributed by atoms with van der Waals surface area (Å²) in [5, 5.41) is 3.29. The van der Waals surface area contributed by atoms with Crippen molar-refractivity contribution in [1.82, 2.24) is 5.32 Å². The van der Waals surface area contributed by atoms with Crippen LogP contribution in [0.5, 0.6) is 0 Å². The number of anilines is 1. The van der Waals surface area contributed by atoms with E-state index in [-0.39, 0.29) is 5.75 Å². The second kappa shape index (κ2) is 6.39. The van der Waals surface area contributed by atoms with Crippen LogP contribution in [-0.4, -0.2) is 27.3 Å². The van der Waals surface area contributed by atoms with E-state index in [0.29, 0.717) is 11.6 Å². The first kappa shape index (κ1) is 14.3. The predicted molar refractivity (Wildman–Crippen MR) is 78.8 cm³/mol. The first-order chi connectivity index (χ1) is 9.07. The van der Waals surface area contributed by atoms with Crippen LogP contribution in [0, 0.1) is 12.8 Å². The number of rotatable bonds is 5. The van der Waals surface area contributed by atoms with Crippen LogP contribution in [0.25, 0.3) is 0 Å². The average molecular weight is 282 g/mol. The van der Waals surface area contributed by atoms with Gasteiger partial charge in [0.2, 0.25) is 10.0 Å². The Bertz CT molecular complexity index is 508. The van der Waals surface area contributed by atoms with Gasteiger partial charge in [-0.15, -0.1) is 0 Å². The van der Waals surface area contributed by atoms with Gasteiger partial charge in [0.05, 0.1) is 11.4 Å². The highest BCUT2D eigenvalue weighted by Gasteiger charge is 2.18. The van der Waals surface area contributed by atoms with Crippen molar-refractivity contribution in [2.75, 3.05) is 23.6 Å². The van der Waals surface area contributed by atoms with Gasteiger partial charge in [0.15, 0.2) is 0 Å². The Morgan fingerprint density at radius 1 is 1.26 bits per heavy atom. The fourth-order valence-corrected chi connectivity index (χ4v) is 3.71. The zero-order valence-corrected chi connectivity index (χ0v) is 12.2. The third-order valence-electron chi connectivity index (χ3n) is 3.66. The van der Waals surface area contributed by atoms with Gasteiger partial charge in [-0.1, -0.05) is 18.2 Å². The second-order valence-corrected chi connectivity index (χ2v) is 7.06. The summed E-state index contributed by atoms with van der Waals surface area (Å²) in [6, 6.07) is 7.46. The molecular formula is C14H22N2O2S. The molecule has 1 fully saturated rings. The van der Waals surface area contributed by atoms with E-state index in [1.807, 2.05) is 25.1 Å². The summed E-state index contributed by atoms with van der Waals surface area (Å²) in [6.07, 6.45) is 2.92. The largest absolute Gasteiger partial charge is 0.317 e. The van der Waals surface area contributed by atoms with E-state index in [1.165, 1.54) is 0 Å². The number of benzene rings is 1. The van der Waals surface area contributed by atoms with Crippen LogP contribution in [0.15, 0.2) is 24.3 Å². The summed E-state index contributed by atoms with van der Waals surface area (Å²) < 4.78 is 26.8. The van der Waals surface area contributed by atoms with Crippen molar-refractivity contribution in [2.24, 2.45) is 5.92 Å². The fourth-order valence-electron chi connectivity index (χ4n) is 2.40. The SMILES string of the molecule is Cc1ccccc1NS(=O)(=O)CCC1CCNCC1. The topological polar surface area (TPSA) is 58.2 Å². The minimum atomic E-state index is -3.23. The van der Waals surface area contributed by atoms with Gasteiger partial charge in [0.1, 0.15) is 0 Å². The van der Waals surface area contributed by atoms with E-state index >= 15 is 0 Å². The van der Waals surface area contributed by atoms with Crippen molar-refractivity contribution >= 4 is 15.7 Å². The molecular weight excluding hydrogens is 260 g/mol. The monoisotopic (exact) mass is 282 g/mol. The van der Waals surface area contributed by atoms with Crippen molar-refractivity contribution in [3.63, 3.8) is 0 Å². The van der Waals surface area contributed by atoms with E-state index in [9.17, 15) is 8.42 Å². The van der Waals surface area contributed by atoms with Gasteiger partial charge in [-0.05, 0) is 56.8 Å².